The smallest absolute Gasteiger partial charge is 0.405 e. The van der Waals surface area contributed by atoms with Gasteiger partial charge in [-0.05, 0) is 6.07 Å². The largest absolute Gasteiger partial charge is 0.573 e. The number of halogens is 9. The molecule has 0 bridgehead atoms. The summed E-state index contributed by atoms with van der Waals surface area (Å²) in [6.45, 7) is 0. The highest BCUT2D eigenvalue weighted by molar-refractivity contribution is 5.97. The van der Waals surface area contributed by atoms with Crippen LogP contribution in [0.15, 0.2) is 12.1 Å². The van der Waals surface area contributed by atoms with Crippen molar-refractivity contribution in [3.8, 4) is 5.75 Å². The van der Waals surface area contributed by atoms with Gasteiger partial charge in [0.25, 0.3) is 5.69 Å². The highest BCUT2D eigenvalue weighted by Crippen LogP contribution is 2.43. The van der Waals surface area contributed by atoms with Gasteiger partial charge in [0.05, 0.1) is 11.0 Å². The van der Waals surface area contributed by atoms with Gasteiger partial charge in [0.15, 0.2) is 0 Å². The van der Waals surface area contributed by atoms with Crippen LogP contribution in [0.1, 0.15) is 5.56 Å². The molecule has 0 aliphatic rings. The monoisotopic (exact) mass is 386 g/mol. The van der Waals surface area contributed by atoms with Crippen LogP contribution in [-0.4, -0.2) is 23.4 Å². The number of nitrogens with zero attached hydrogens (tertiary/aromatic N) is 1. The summed E-state index contributed by atoms with van der Waals surface area (Å²) in [6, 6.07) is -0.870. The summed E-state index contributed by atoms with van der Waals surface area (Å²) < 4.78 is 114. The van der Waals surface area contributed by atoms with Gasteiger partial charge in [-0.25, -0.2) is 0 Å². The lowest BCUT2D eigenvalue weighted by molar-refractivity contribution is -0.384. The molecule has 0 heterocycles. The third-order valence-electron chi connectivity index (χ3n) is 2.33. The first kappa shape index (κ1) is 20.3. The third-order valence-corrected chi connectivity index (χ3v) is 2.33. The summed E-state index contributed by atoms with van der Waals surface area (Å²) in [5.41, 5.74) is -5.58. The second-order valence-electron chi connectivity index (χ2n) is 4.12. The number of anilines is 1. The van der Waals surface area contributed by atoms with Crippen molar-refractivity contribution in [3.05, 3.63) is 27.8 Å². The van der Waals surface area contributed by atoms with Crippen molar-refractivity contribution in [2.45, 2.75) is 18.7 Å². The van der Waals surface area contributed by atoms with Crippen molar-refractivity contribution in [2.75, 3.05) is 5.32 Å². The van der Waals surface area contributed by atoms with Crippen molar-refractivity contribution >= 4 is 17.3 Å². The summed E-state index contributed by atoms with van der Waals surface area (Å²) in [5.74, 6) is -4.94. The van der Waals surface area contributed by atoms with Gasteiger partial charge in [0, 0.05) is 0 Å². The van der Waals surface area contributed by atoms with E-state index in [1.54, 1.807) is 0 Å². The number of carbonyl (C=O) groups excluding carboxylic acids is 1. The molecule has 25 heavy (non-hydrogen) atoms. The lowest BCUT2D eigenvalue weighted by atomic mass is 10.1. The number of ether oxygens (including phenoxy) is 1. The van der Waals surface area contributed by atoms with E-state index in [2.05, 4.69) is 4.74 Å². The standard InChI is InChI=1S/C10H3F9N2O4/c11-8(12,13)3-1-4(20-7(22)9(14,15)16)5(21(23)24)2-6(3)25-10(17,18)19/h1-2H,(H,20,22). The summed E-state index contributed by atoms with van der Waals surface area (Å²) in [6.07, 6.45) is -16.9. The Hall–Kier alpha value is -2.74. The molecule has 1 N–H and O–H groups in total. The molecule has 140 valence electrons. The van der Waals surface area contributed by atoms with E-state index < -0.39 is 64.4 Å². The van der Waals surface area contributed by atoms with Crippen LogP contribution < -0.4 is 10.1 Å². The number of alkyl halides is 9. The van der Waals surface area contributed by atoms with Gasteiger partial charge in [0.2, 0.25) is 0 Å². The fourth-order valence-corrected chi connectivity index (χ4v) is 1.44. The Morgan fingerprint density at radius 3 is 1.92 bits per heavy atom. The SMILES string of the molecule is O=C(Nc1cc(C(F)(F)F)c(OC(F)(F)F)cc1[N+](=O)[O-])C(F)(F)F. The second-order valence-corrected chi connectivity index (χ2v) is 4.12. The number of amides is 1. The van der Waals surface area contributed by atoms with Crippen molar-refractivity contribution in [1.82, 2.24) is 0 Å². The van der Waals surface area contributed by atoms with E-state index in [0.29, 0.717) is 0 Å². The van der Waals surface area contributed by atoms with Crippen molar-refractivity contribution < 1.29 is 54.0 Å². The van der Waals surface area contributed by atoms with Crippen LogP contribution in [0.5, 0.6) is 5.75 Å². The predicted molar refractivity (Wildman–Crippen MR) is 59.5 cm³/mol. The summed E-state index contributed by atoms with van der Waals surface area (Å²) in [7, 11) is 0. The molecule has 0 atom stereocenters. The van der Waals surface area contributed by atoms with Gasteiger partial charge in [0.1, 0.15) is 17.0 Å². The van der Waals surface area contributed by atoms with Crippen LogP contribution in [0.25, 0.3) is 0 Å². The molecule has 15 heteroatoms. The first-order valence-electron chi connectivity index (χ1n) is 5.56. The molecule has 0 fully saturated rings. The first-order chi connectivity index (χ1) is 11.0. The van der Waals surface area contributed by atoms with E-state index in [4.69, 9.17) is 0 Å². The van der Waals surface area contributed by atoms with Crippen LogP contribution in [0.4, 0.5) is 50.9 Å². The zero-order valence-electron chi connectivity index (χ0n) is 11.1. The normalized spacial score (nSPS) is 12.7. The van der Waals surface area contributed by atoms with E-state index in [1.165, 1.54) is 0 Å². The fraction of sp³-hybridized carbons (Fsp3) is 0.300. The van der Waals surface area contributed by atoms with Gasteiger partial charge in [-0.15, -0.1) is 13.2 Å². The molecule has 0 spiro atoms. The topological polar surface area (TPSA) is 81.5 Å². The molecular formula is C10H3F9N2O4. The maximum absolute atomic E-state index is 12.8. The molecule has 0 aliphatic heterocycles. The fourth-order valence-electron chi connectivity index (χ4n) is 1.44. The molecule has 0 aliphatic carbocycles. The quantitative estimate of drug-likeness (QED) is 0.484. The number of hydrogen-bond donors (Lipinski definition) is 1. The third kappa shape index (κ3) is 5.39. The van der Waals surface area contributed by atoms with Crippen LogP contribution in [-0.2, 0) is 11.0 Å². The molecule has 0 saturated carbocycles. The maximum Gasteiger partial charge on any atom is 0.573 e. The molecule has 0 aromatic heterocycles. The molecule has 0 radical (unpaired) electrons. The Balaban J connectivity index is 3.57. The number of benzene rings is 1. The molecular weight excluding hydrogens is 383 g/mol. The van der Waals surface area contributed by atoms with E-state index >= 15 is 0 Å². The van der Waals surface area contributed by atoms with E-state index in [0.717, 1.165) is 5.32 Å². The van der Waals surface area contributed by atoms with Crippen LogP contribution >= 0.6 is 0 Å². The Morgan fingerprint density at radius 1 is 1.04 bits per heavy atom. The minimum Gasteiger partial charge on any atom is -0.405 e. The molecule has 1 aromatic carbocycles. The van der Waals surface area contributed by atoms with Crippen molar-refractivity contribution in [1.29, 1.82) is 0 Å². The van der Waals surface area contributed by atoms with Crippen LogP contribution in [0.3, 0.4) is 0 Å². The predicted octanol–water partition coefficient (Wildman–Crippen LogP) is 4.01. The van der Waals surface area contributed by atoms with Gasteiger partial charge in [-0.2, -0.15) is 26.3 Å². The minimum absolute atomic E-state index is 0.400. The average Bonchev–Trinajstić information content (AvgIpc) is 2.35. The Bertz CT molecular complexity index is 693. The van der Waals surface area contributed by atoms with Crippen LogP contribution in [0, 0.1) is 10.1 Å². The highest BCUT2D eigenvalue weighted by Gasteiger charge is 2.43. The Labute approximate surface area is 130 Å². The number of rotatable bonds is 3. The Morgan fingerprint density at radius 2 is 1.56 bits per heavy atom. The highest BCUT2D eigenvalue weighted by atomic mass is 19.4. The van der Waals surface area contributed by atoms with E-state index in [1.807, 2.05) is 0 Å². The molecule has 1 rings (SSSR count). The van der Waals surface area contributed by atoms with Gasteiger partial charge < -0.3 is 10.1 Å². The maximum atomic E-state index is 12.8. The average molecular weight is 386 g/mol. The summed E-state index contributed by atoms with van der Waals surface area (Å²) >= 11 is 0. The number of nitro groups is 1. The first-order valence-corrected chi connectivity index (χ1v) is 5.56. The van der Waals surface area contributed by atoms with Crippen molar-refractivity contribution in [3.63, 3.8) is 0 Å². The van der Waals surface area contributed by atoms with Gasteiger partial charge in [-0.3, -0.25) is 14.9 Å². The molecule has 1 aromatic rings. The zero-order chi connectivity index (χ0) is 19.8. The van der Waals surface area contributed by atoms with Gasteiger partial charge >= 0.3 is 24.6 Å². The van der Waals surface area contributed by atoms with Crippen molar-refractivity contribution in [2.24, 2.45) is 0 Å². The van der Waals surface area contributed by atoms with Crippen LogP contribution in [0.2, 0.25) is 0 Å². The number of hydrogen-bond acceptors (Lipinski definition) is 4. The second kappa shape index (κ2) is 6.29. The molecule has 6 nitrogen and oxygen atoms in total. The van der Waals surface area contributed by atoms with E-state index in [9.17, 15) is 54.4 Å². The molecule has 0 unspecified atom stereocenters. The number of nitrogens with one attached hydrogen (secondary N) is 1. The minimum atomic E-state index is -5.68. The summed E-state index contributed by atoms with van der Waals surface area (Å²) in [4.78, 5) is 19.8. The summed E-state index contributed by atoms with van der Waals surface area (Å²) in [5, 5.41) is 11.5. The lowest BCUT2D eigenvalue weighted by Gasteiger charge is -2.17. The number of nitro benzene ring substituents is 1. The molecule has 1 amide bonds. The van der Waals surface area contributed by atoms with E-state index in [-0.39, 0.29) is 0 Å². The lowest BCUT2D eigenvalue weighted by Crippen LogP contribution is -2.30. The van der Waals surface area contributed by atoms with Gasteiger partial charge in [-0.1, -0.05) is 0 Å². The molecule has 0 saturated heterocycles. The number of carbonyl (C=O) groups is 1. The zero-order valence-corrected chi connectivity index (χ0v) is 11.1. The Kier molecular flexibility index (Phi) is 5.11.